The number of nitrogens with one attached hydrogen (secondary N) is 1. The predicted molar refractivity (Wildman–Crippen MR) is 102 cm³/mol. The van der Waals surface area contributed by atoms with Gasteiger partial charge in [0.15, 0.2) is 17.4 Å². The Balaban J connectivity index is 1.50. The highest BCUT2D eigenvalue weighted by Gasteiger charge is 2.47. The second-order valence-electron chi connectivity index (χ2n) is 7.27. The number of nitrogens with two attached hydrogens (primary N) is 1. The van der Waals surface area contributed by atoms with Crippen LogP contribution >= 0.6 is 7.75 Å². The molecular weight excluding hydrogens is 439 g/mol. The molecule has 4 rings (SSSR count). The molecule has 2 unspecified atom stereocenters. The van der Waals surface area contributed by atoms with Crippen LogP contribution in [0.3, 0.4) is 0 Å². The highest BCUT2D eigenvalue weighted by atomic mass is 31.2. The number of hydrogen-bond donors (Lipinski definition) is 6. The van der Waals surface area contributed by atoms with Crippen LogP contribution in [0, 0.1) is 0 Å². The summed E-state index contributed by atoms with van der Waals surface area (Å²) >= 11 is 0. The molecule has 4 heterocycles. The molecular formula is C15H21N6O9P. The summed E-state index contributed by atoms with van der Waals surface area (Å²) in [6, 6.07) is -1.16. The van der Waals surface area contributed by atoms with Crippen molar-refractivity contribution in [2.75, 3.05) is 18.9 Å². The Morgan fingerprint density at radius 3 is 2.87 bits per heavy atom. The van der Waals surface area contributed by atoms with Crippen molar-refractivity contribution in [3.63, 3.8) is 0 Å². The molecule has 2 aromatic heterocycles. The first kappa shape index (κ1) is 21.8. The van der Waals surface area contributed by atoms with Crippen molar-refractivity contribution in [2.45, 2.75) is 43.4 Å². The Morgan fingerprint density at radius 2 is 2.16 bits per heavy atom. The Hall–Kier alpha value is -2.39. The lowest BCUT2D eigenvalue weighted by atomic mass is 10.1. The second-order valence-corrected chi connectivity index (χ2v) is 9.02. The van der Waals surface area contributed by atoms with Gasteiger partial charge < -0.3 is 30.7 Å². The van der Waals surface area contributed by atoms with Crippen molar-refractivity contribution in [1.29, 1.82) is 0 Å². The van der Waals surface area contributed by atoms with Gasteiger partial charge in [-0.2, -0.15) is 9.65 Å². The van der Waals surface area contributed by atoms with Gasteiger partial charge in [0.05, 0.1) is 12.9 Å². The molecule has 0 spiro atoms. The smallest absolute Gasteiger partial charge is 0.406 e. The molecule has 0 amide bonds. The molecule has 170 valence electrons. The van der Waals surface area contributed by atoms with E-state index < -0.39 is 56.5 Å². The number of nitrogen functional groups attached to an aromatic ring is 1. The number of anilines is 1. The number of aliphatic carboxylic acids is 1. The summed E-state index contributed by atoms with van der Waals surface area (Å²) in [5.41, 5.74) is 4.89. The van der Waals surface area contributed by atoms with Gasteiger partial charge in [-0.05, 0) is 12.8 Å². The van der Waals surface area contributed by atoms with Crippen LogP contribution in [0.2, 0.25) is 0 Å². The molecule has 6 atom stereocenters. The minimum Gasteiger partial charge on any atom is -0.480 e. The number of carboxylic acid groups (broad SMARTS) is 1. The topological polar surface area (TPSA) is 226 Å². The normalized spacial score (nSPS) is 31.3. The van der Waals surface area contributed by atoms with E-state index in [1.54, 1.807) is 0 Å². The van der Waals surface area contributed by atoms with Gasteiger partial charge in [-0.3, -0.25) is 23.7 Å². The number of aliphatic hydroxyl groups excluding tert-OH is 2. The number of aromatic amines is 1. The lowest BCUT2D eigenvalue weighted by molar-refractivity contribution is -0.141. The van der Waals surface area contributed by atoms with Gasteiger partial charge in [-0.1, -0.05) is 0 Å². The molecule has 2 fully saturated rings. The average Bonchev–Trinajstić information content (AvgIpc) is 3.40. The number of hydrogen-bond acceptors (Lipinski definition) is 10. The number of ether oxygens (including phenoxy) is 1. The molecule has 15 nitrogen and oxygen atoms in total. The van der Waals surface area contributed by atoms with Crippen molar-refractivity contribution in [1.82, 2.24) is 24.2 Å². The molecule has 0 saturated carbocycles. The van der Waals surface area contributed by atoms with Crippen LogP contribution in [-0.4, -0.2) is 87.9 Å². The molecule has 2 saturated heterocycles. The van der Waals surface area contributed by atoms with Crippen LogP contribution in [0.1, 0.15) is 19.1 Å². The number of aliphatic hydroxyl groups is 2. The van der Waals surface area contributed by atoms with E-state index in [-0.39, 0.29) is 30.1 Å². The van der Waals surface area contributed by atoms with E-state index in [1.807, 2.05) is 0 Å². The highest BCUT2D eigenvalue weighted by molar-refractivity contribution is 7.50. The van der Waals surface area contributed by atoms with Crippen molar-refractivity contribution >= 4 is 30.8 Å². The molecule has 7 N–H and O–H groups in total. The number of H-pyrrole nitrogens is 1. The van der Waals surface area contributed by atoms with Gasteiger partial charge in [-0.25, -0.2) is 9.55 Å². The van der Waals surface area contributed by atoms with Gasteiger partial charge in [-0.15, -0.1) is 0 Å². The molecule has 0 radical (unpaired) electrons. The van der Waals surface area contributed by atoms with Gasteiger partial charge in [0, 0.05) is 6.54 Å². The third-order valence-corrected chi connectivity index (χ3v) is 6.92. The van der Waals surface area contributed by atoms with Gasteiger partial charge >= 0.3 is 13.7 Å². The zero-order valence-corrected chi connectivity index (χ0v) is 16.8. The lowest BCUT2D eigenvalue weighted by Crippen LogP contribution is -2.36. The second kappa shape index (κ2) is 7.94. The zero-order chi connectivity index (χ0) is 22.5. The van der Waals surface area contributed by atoms with E-state index >= 15 is 0 Å². The molecule has 0 aromatic carbocycles. The fraction of sp³-hybridized carbons (Fsp3) is 0.600. The summed E-state index contributed by atoms with van der Waals surface area (Å²) in [5.74, 6) is -1.43. The molecule has 31 heavy (non-hydrogen) atoms. The first-order valence-corrected chi connectivity index (χ1v) is 10.8. The van der Waals surface area contributed by atoms with Crippen molar-refractivity contribution < 1.29 is 38.8 Å². The summed E-state index contributed by atoms with van der Waals surface area (Å²) in [5, 5.41) is 29.9. The molecule has 0 bridgehead atoms. The number of rotatable bonds is 6. The van der Waals surface area contributed by atoms with Crippen molar-refractivity contribution in [2.24, 2.45) is 0 Å². The average molecular weight is 460 g/mol. The van der Waals surface area contributed by atoms with E-state index in [0.717, 1.165) is 4.67 Å². The van der Waals surface area contributed by atoms with Crippen LogP contribution in [-0.2, 0) is 18.6 Å². The summed E-state index contributed by atoms with van der Waals surface area (Å²) in [4.78, 5) is 43.5. The quantitative estimate of drug-likeness (QED) is 0.256. The Kier molecular flexibility index (Phi) is 5.59. The summed E-state index contributed by atoms with van der Waals surface area (Å²) in [6.45, 7) is -0.541. The predicted octanol–water partition coefficient (Wildman–Crippen LogP) is -2.01. The maximum atomic E-state index is 12.6. The minimum absolute atomic E-state index is 0.00765. The van der Waals surface area contributed by atoms with Crippen molar-refractivity contribution in [3.8, 4) is 0 Å². The van der Waals surface area contributed by atoms with Crippen LogP contribution in [0.4, 0.5) is 5.95 Å². The zero-order valence-electron chi connectivity index (χ0n) is 15.9. The Morgan fingerprint density at radius 1 is 1.42 bits per heavy atom. The number of carbonyl (C=O) groups is 1. The Bertz CT molecular complexity index is 1100. The van der Waals surface area contributed by atoms with Gasteiger partial charge in [0.2, 0.25) is 5.95 Å². The monoisotopic (exact) mass is 460 g/mol. The summed E-state index contributed by atoms with van der Waals surface area (Å²) < 4.78 is 25.3. The highest BCUT2D eigenvalue weighted by Crippen LogP contribution is 2.51. The van der Waals surface area contributed by atoms with E-state index in [1.165, 1.54) is 10.9 Å². The molecule has 2 aliphatic rings. The van der Waals surface area contributed by atoms with E-state index in [2.05, 4.69) is 15.0 Å². The number of imidazole rings is 1. The first-order valence-electron chi connectivity index (χ1n) is 9.31. The molecule has 2 aromatic rings. The summed E-state index contributed by atoms with van der Waals surface area (Å²) in [7, 11) is -4.49. The first-order chi connectivity index (χ1) is 14.6. The van der Waals surface area contributed by atoms with Crippen LogP contribution in [0.25, 0.3) is 11.2 Å². The number of aromatic nitrogens is 4. The van der Waals surface area contributed by atoms with E-state index in [4.69, 9.17) is 15.0 Å². The molecule has 16 heteroatoms. The minimum atomic E-state index is -4.49. The molecule has 2 aliphatic heterocycles. The van der Waals surface area contributed by atoms with E-state index in [0.29, 0.717) is 6.42 Å². The Labute approximate surface area is 173 Å². The molecule has 0 aliphatic carbocycles. The van der Waals surface area contributed by atoms with E-state index in [9.17, 15) is 34.4 Å². The van der Waals surface area contributed by atoms with Gasteiger partial charge in [0.25, 0.3) is 5.56 Å². The largest absolute Gasteiger partial charge is 0.480 e. The lowest BCUT2D eigenvalue weighted by Gasteiger charge is -2.26. The van der Waals surface area contributed by atoms with Crippen LogP contribution < -0.4 is 11.3 Å². The third-order valence-electron chi connectivity index (χ3n) is 5.30. The third kappa shape index (κ3) is 3.85. The number of fused-ring (bicyclic) bond motifs is 1. The standard InChI is InChI=1S/C15H21N6O9P/c16-15-18-11-8(12(24)19-15)17-5-20(11)13-10(23)9(22)7(30-13)4-29-31(27,28)21-3-1-2-6(21)14(25)26/h5-7,9-10,13,22-23H,1-4H2,(H,25,26)(H,27,28)(H3,16,18,19,24)/t6-,7+,9-,10?,13+/m0/s1. The number of carboxylic acids is 1. The summed E-state index contributed by atoms with van der Waals surface area (Å²) in [6.07, 6.45) is -3.70. The van der Waals surface area contributed by atoms with Crippen molar-refractivity contribution in [3.05, 3.63) is 16.7 Å². The SMILES string of the molecule is Nc1nc2c(ncn2[C@@H]2O[C@H](COP(=O)(O)N3CCC[C@H]3C(=O)O)[C@H](O)C2O)c(=O)[nH]1. The maximum absolute atomic E-state index is 12.6. The van der Waals surface area contributed by atoms with Gasteiger partial charge in [0.1, 0.15) is 24.4 Å². The number of nitrogens with zero attached hydrogens (tertiary/aromatic N) is 4. The maximum Gasteiger partial charge on any atom is 0.406 e. The van der Waals surface area contributed by atoms with Crippen LogP contribution in [0.15, 0.2) is 11.1 Å². The fourth-order valence-electron chi connectivity index (χ4n) is 3.78. The van der Waals surface area contributed by atoms with Crippen LogP contribution in [0.5, 0.6) is 0 Å². The fourth-order valence-corrected chi connectivity index (χ4v) is 5.23.